The number of esters is 1. The maximum absolute atomic E-state index is 11.8. The first-order chi connectivity index (χ1) is 14.6. The van der Waals surface area contributed by atoms with Crippen molar-refractivity contribution < 1.29 is 9.53 Å². The summed E-state index contributed by atoms with van der Waals surface area (Å²) >= 11 is 1.95. The molecule has 0 atom stereocenters. The molecule has 1 heterocycles. The number of carbonyl (C=O) groups excluding carboxylic acids is 1. The van der Waals surface area contributed by atoms with Gasteiger partial charge in [-0.3, -0.25) is 0 Å². The molecule has 0 radical (unpaired) electrons. The van der Waals surface area contributed by atoms with E-state index in [1.54, 1.807) is 19.1 Å². The lowest BCUT2D eigenvalue weighted by molar-refractivity contribution is 0.0526. The van der Waals surface area contributed by atoms with E-state index in [0.717, 1.165) is 40.6 Å². The van der Waals surface area contributed by atoms with Gasteiger partial charge in [0, 0.05) is 29.2 Å². The van der Waals surface area contributed by atoms with Gasteiger partial charge in [0.25, 0.3) is 0 Å². The summed E-state index contributed by atoms with van der Waals surface area (Å²) in [7, 11) is 4.20. The van der Waals surface area contributed by atoms with Gasteiger partial charge in [0.1, 0.15) is 0 Å². The molecule has 5 heteroatoms. The Hall–Kier alpha value is -2.63. The van der Waals surface area contributed by atoms with Crippen LogP contribution in [-0.2, 0) is 10.5 Å². The van der Waals surface area contributed by atoms with E-state index in [1.165, 1.54) is 5.56 Å². The lowest BCUT2D eigenvalue weighted by Crippen LogP contribution is -2.14. The fourth-order valence-electron chi connectivity index (χ4n) is 2.96. The van der Waals surface area contributed by atoms with Crippen molar-refractivity contribution in [1.29, 1.82) is 0 Å². The van der Waals surface area contributed by atoms with Crippen LogP contribution in [0, 0.1) is 0 Å². The smallest absolute Gasteiger partial charge is 0.338 e. The molecule has 1 aromatic heterocycles. The van der Waals surface area contributed by atoms with Crippen LogP contribution in [0.2, 0.25) is 0 Å². The molecular formula is C25H28N2O2S. The third kappa shape index (κ3) is 6.18. The largest absolute Gasteiger partial charge is 0.462 e. The van der Waals surface area contributed by atoms with Gasteiger partial charge in [-0.25, -0.2) is 9.78 Å². The zero-order chi connectivity index (χ0) is 21.3. The number of thioether (sulfide) groups is 1. The van der Waals surface area contributed by atoms with E-state index in [0.29, 0.717) is 12.2 Å². The third-order valence-electron chi connectivity index (χ3n) is 4.64. The number of ether oxygens (including phenoxy) is 1. The maximum Gasteiger partial charge on any atom is 0.338 e. The molecule has 3 aromatic rings. The van der Waals surface area contributed by atoms with E-state index in [2.05, 4.69) is 43.3 Å². The van der Waals surface area contributed by atoms with E-state index in [-0.39, 0.29) is 5.97 Å². The normalized spacial score (nSPS) is 10.9. The monoisotopic (exact) mass is 420 g/mol. The number of hydrogen-bond donors (Lipinski definition) is 0. The summed E-state index contributed by atoms with van der Waals surface area (Å²) in [4.78, 5) is 18.9. The summed E-state index contributed by atoms with van der Waals surface area (Å²) < 4.78 is 5.04. The topological polar surface area (TPSA) is 42.4 Å². The van der Waals surface area contributed by atoms with E-state index in [1.807, 2.05) is 42.1 Å². The number of pyridine rings is 1. The summed E-state index contributed by atoms with van der Waals surface area (Å²) in [5, 5.41) is 0. The molecule has 0 aliphatic heterocycles. The van der Waals surface area contributed by atoms with Crippen LogP contribution in [0.1, 0.15) is 22.8 Å². The van der Waals surface area contributed by atoms with Crippen molar-refractivity contribution in [2.24, 2.45) is 0 Å². The molecule has 30 heavy (non-hydrogen) atoms. The molecule has 0 saturated carbocycles. The van der Waals surface area contributed by atoms with Crippen molar-refractivity contribution in [3.8, 4) is 22.5 Å². The second kappa shape index (κ2) is 11.0. The van der Waals surface area contributed by atoms with Crippen LogP contribution in [-0.4, -0.2) is 48.9 Å². The Bertz CT molecular complexity index is 954. The molecule has 0 N–H and O–H groups in total. The minimum absolute atomic E-state index is 0.300. The Labute approximate surface area is 183 Å². The lowest BCUT2D eigenvalue weighted by Gasteiger charge is -2.09. The highest BCUT2D eigenvalue weighted by molar-refractivity contribution is 7.98. The van der Waals surface area contributed by atoms with Crippen molar-refractivity contribution in [3.05, 3.63) is 77.9 Å². The summed E-state index contributed by atoms with van der Waals surface area (Å²) in [6.45, 7) is 3.27. The molecule has 4 nitrogen and oxygen atoms in total. The van der Waals surface area contributed by atoms with Gasteiger partial charge >= 0.3 is 5.97 Å². The van der Waals surface area contributed by atoms with Gasteiger partial charge in [-0.05, 0) is 50.8 Å². The van der Waals surface area contributed by atoms with Crippen LogP contribution in [0.3, 0.4) is 0 Å². The Kier molecular flexibility index (Phi) is 8.05. The Balaban J connectivity index is 1.68. The Morgan fingerprint density at radius 3 is 2.10 bits per heavy atom. The molecule has 0 fully saturated rings. The fourth-order valence-corrected chi connectivity index (χ4v) is 4.02. The summed E-state index contributed by atoms with van der Waals surface area (Å²) in [6, 6.07) is 22.0. The van der Waals surface area contributed by atoms with E-state index >= 15 is 0 Å². The molecule has 156 valence electrons. The van der Waals surface area contributed by atoms with E-state index in [9.17, 15) is 4.79 Å². The number of carbonyl (C=O) groups is 1. The van der Waals surface area contributed by atoms with Crippen molar-refractivity contribution in [2.45, 2.75) is 12.7 Å². The lowest BCUT2D eigenvalue weighted by atomic mass is 10.1. The number of aromatic nitrogens is 1. The molecule has 0 unspecified atom stereocenters. The molecule has 2 aromatic carbocycles. The average Bonchev–Trinajstić information content (AvgIpc) is 2.77. The van der Waals surface area contributed by atoms with E-state index < -0.39 is 0 Å². The fraction of sp³-hybridized carbons (Fsp3) is 0.280. The molecule has 0 saturated heterocycles. The van der Waals surface area contributed by atoms with Crippen LogP contribution in [0.25, 0.3) is 22.5 Å². The van der Waals surface area contributed by atoms with Gasteiger partial charge < -0.3 is 9.64 Å². The van der Waals surface area contributed by atoms with Crippen LogP contribution in [0.4, 0.5) is 0 Å². The second-order valence-electron chi connectivity index (χ2n) is 7.26. The van der Waals surface area contributed by atoms with Gasteiger partial charge in [-0.15, -0.1) is 0 Å². The van der Waals surface area contributed by atoms with Crippen molar-refractivity contribution in [2.75, 3.05) is 33.0 Å². The van der Waals surface area contributed by atoms with Crippen LogP contribution >= 0.6 is 11.8 Å². The second-order valence-corrected chi connectivity index (χ2v) is 8.36. The minimum Gasteiger partial charge on any atom is -0.462 e. The highest BCUT2D eigenvalue weighted by Crippen LogP contribution is 2.24. The molecular weight excluding hydrogens is 392 g/mol. The predicted molar refractivity (Wildman–Crippen MR) is 126 cm³/mol. The van der Waals surface area contributed by atoms with Crippen LogP contribution in [0.15, 0.2) is 66.7 Å². The molecule has 0 aliphatic carbocycles. The molecule has 0 spiro atoms. The van der Waals surface area contributed by atoms with Gasteiger partial charge in [0.15, 0.2) is 0 Å². The van der Waals surface area contributed by atoms with Gasteiger partial charge in [0.05, 0.1) is 23.6 Å². The van der Waals surface area contributed by atoms with Crippen LogP contribution < -0.4 is 0 Å². The summed E-state index contributed by atoms with van der Waals surface area (Å²) in [5.41, 5.74) is 5.77. The molecule has 3 rings (SSSR count). The standard InChI is InChI=1S/C25H28N2O2S/c1-4-29-25(28)22-14-12-21(13-15-22)24-7-5-6-23(26-24)20-10-8-19(9-11-20)18-30-17-16-27(2)3/h5-15H,4,16-18H2,1-3H3. The van der Waals surface area contributed by atoms with Crippen molar-refractivity contribution in [3.63, 3.8) is 0 Å². The third-order valence-corrected chi connectivity index (χ3v) is 5.65. The highest BCUT2D eigenvalue weighted by atomic mass is 32.2. The highest BCUT2D eigenvalue weighted by Gasteiger charge is 2.08. The van der Waals surface area contributed by atoms with Crippen LogP contribution in [0.5, 0.6) is 0 Å². The van der Waals surface area contributed by atoms with Crippen molar-refractivity contribution >= 4 is 17.7 Å². The molecule has 0 bridgehead atoms. The van der Waals surface area contributed by atoms with Gasteiger partial charge in [0.2, 0.25) is 0 Å². The predicted octanol–water partition coefficient (Wildman–Crippen LogP) is 5.39. The first-order valence-electron chi connectivity index (χ1n) is 10.1. The number of benzene rings is 2. The minimum atomic E-state index is -0.300. The quantitative estimate of drug-likeness (QED) is 0.343. The Morgan fingerprint density at radius 1 is 0.933 bits per heavy atom. The van der Waals surface area contributed by atoms with E-state index in [4.69, 9.17) is 9.72 Å². The first kappa shape index (κ1) is 22.1. The molecule has 0 aliphatic rings. The number of rotatable bonds is 9. The van der Waals surface area contributed by atoms with Gasteiger partial charge in [-0.1, -0.05) is 42.5 Å². The van der Waals surface area contributed by atoms with Crippen molar-refractivity contribution in [1.82, 2.24) is 9.88 Å². The summed E-state index contributed by atoms with van der Waals surface area (Å²) in [6.07, 6.45) is 0. The first-order valence-corrected chi connectivity index (χ1v) is 11.3. The average molecular weight is 421 g/mol. The zero-order valence-electron chi connectivity index (χ0n) is 17.8. The molecule has 0 amide bonds. The summed E-state index contributed by atoms with van der Waals surface area (Å²) in [5.74, 6) is 1.85. The number of hydrogen-bond acceptors (Lipinski definition) is 5. The maximum atomic E-state index is 11.8. The Morgan fingerprint density at radius 2 is 1.53 bits per heavy atom. The van der Waals surface area contributed by atoms with Gasteiger partial charge in [-0.2, -0.15) is 11.8 Å². The zero-order valence-corrected chi connectivity index (χ0v) is 18.6. The number of nitrogens with zero attached hydrogens (tertiary/aromatic N) is 2. The SMILES string of the molecule is CCOC(=O)c1ccc(-c2cccc(-c3ccc(CSCCN(C)C)cc3)n2)cc1.